The van der Waals surface area contributed by atoms with E-state index in [2.05, 4.69) is 29.4 Å². The van der Waals surface area contributed by atoms with Crippen LogP contribution in [-0.4, -0.2) is 62.3 Å². The van der Waals surface area contributed by atoms with Crippen LogP contribution >= 0.6 is 0 Å². The van der Waals surface area contributed by atoms with Gasteiger partial charge in [-0.3, -0.25) is 4.79 Å². The zero-order chi connectivity index (χ0) is 15.3. The maximum Gasteiger partial charge on any atom is 0.252 e. The molecule has 0 saturated carbocycles. The summed E-state index contributed by atoms with van der Waals surface area (Å²) >= 11 is 0. The van der Waals surface area contributed by atoms with E-state index < -0.39 is 5.60 Å². The van der Waals surface area contributed by atoms with Crippen LogP contribution in [-0.2, 0) is 9.53 Å². The Balaban J connectivity index is 1.82. The molecule has 1 unspecified atom stereocenters. The summed E-state index contributed by atoms with van der Waals surface area (Å²) in [7, 11) is 1.66. The van der Waals surface area contributed by atoms with E-state index in [9.17, 15) is 4.79 Å². The molecule has 1 atom stereocenters. The molecule has 0 aromatic rings. The van der Waals surface area contributed by atoms with Crippen molar-refractivity contribution >= 4 is 5.91 Å². The fraction of sp³-hybridized carbons (Fsp3) is 0.938. The van der Waals surface area contributed by atoms with Crippen molar-refractivity contribution in [2.75, 3.05) is 39.8 Å². The first-order valence-electron chi connectivity index (χ1n) is 8.35. The Morgan fingerprint density at radius 2 is 2.14 bits per heavy atom. The second-order valence-corrected chi connectivity index (χ2v) is 6.76. The Morgan fingerprint density at radius 1 is 1.43 bits per heavy atom. The molecule has 122 valence electrons. The van der Waals surface area contributed by atoms with Crippen LogP contribution in [0.4, 0.5) is 0 Å². The molecule has 0 radical (unpaired) electrons. The molecular weight excluding hydrogens is 266 g/mol. The highest BCUT2D eigenvalue weighted by Gasteiger charge is 2.39. The number of nitrogens with one attached hydrogen (secondary N) is 2. The van der Waals surface area contributed by atoms with Crippen LogP contribution in [0.5, 0.6) is 0 Å². The third-order valence-electron chi connectivity index (χ3n) is 5.05. The third kappa shape index (κ3) is 4.18. The highest BCUT2D eigenvalue weighted by molar-refractivity contribution is 5.85. The number of nitrogens with zero attached hydrogens (tertiary/aromatic N) is 1. The lowest BCUT2D eigenvalue weighted by Crippen LogP contribution is -2.55. The van der Waals surface area contributed by atoms with Crippen molar-refractivity contribution in [1.82, 2.24) is 15.5 Å². The van der Waals surface area contributed by atoms with E-state index in [1.54, 1.807) is 7.11 Å². The molecule has 2 aliphatic heterocycles. The summed E-state index contributed by atoms with van der Waals surface area (Å²) in [6, 6.07) is 0.596. The van der Waals surface area contributed by atoms with E-state index in [0.717, 1.165) is 39.0 Å². The third-order valence-corrected chi connectivity index (χ3v) is 5.05. The lowest BCUT2D eigenvalue weighted by atomic mass is 9.90. The number of hydrogen-bond acceptors (Lipinski definition) is 4. The van der Waals surface area contributed by atoms with Crippen molar-refractivity contribution in [2.24, 2.45) is 5.92 Å². The predicted octanol–water partition coefficient (Wildman–Crippen LogP) is 0.992. The first-order valence-corrected chi connectivity index (χ1v) is 8.35. The SMILES string of the molecule is COC1(C(=O)NCC2CCCN(C(C)C)C2)CCNCC1. The molecule has 0 aliphatic carbocycles. The van der Waals surface area contributed by atoms with Gasteiger partial charge in [0.05, 0.1) is 0 Å². The molecule has 0 spiro atoms. The van der Waals surface area contributed by atoms with Crippen LogP contribution in [0.3, 0.4) is 0 Å². The van der Waals surface area contributed by atoms with Crippen molar-refractivity contribution in [2.45, 2.75) is 51.2 Å². The number of amides is 1. The minimum atomic E-state index is -0.613. The molecular formula is C16H31N3O2. The summed E-state index contributed by atoms with van der Waals surface area (Å²) in [5.41, 5.74) is -0.613. The van der Waals surface area contributed by atoms with Crippen LogP contribution in [0.15, 0.2) is 0 Å². The van der Waals surface area contributed by atoms with Crippen LogP contribution in [0, 0.1) is 5.92 Å². The summed E-state index contributed by atoms with van der Waals surface area (Å²) in [4.78, 5) is 15.0. The topological polar surface area (TPSA) is 53.6 Å². The predicted molar refractivity (Wildman–Crippen MR) is 84.3 cm³/mol. The standard InChI is InChI=1S/C16H31N3O2/c1-13(2)19-10-4-5-14(12-19)11-18-15(20)16(21-3)6-8-17-9-7-16/h13-14,17H,4-12H2,1-3H3,(H,18,20). The first-order chi connectivity index (χ1) is 10.1. The van der Waals surface area contributed by atoms with Gasteiger partial charge < -0.3 is 20.3 Å². The maximum atomic E-state index is 12.5. The highest BCUT2D eigenvalue weighted by Crippen LogP contribution is 2.23. The Morgan fingerprint density at radius 3 is 2.76 bits per heavy atom. The molecule has 0 bridgehead atoms. The van der Waals surface area contributed by atoms with E-state index in [1.165, 1.54) is 19.4 Å². The fourth-order valence-corrected chi connectivity index (χ4v) is 3.49. The van der Waals surface area contributed by atoms with Crippen LogP contribution in [0.1, 0.15) is 39.5 Å². The van der Waals surface area contributed by atoms with Gasteiger partial charge >= 0.3 is 0 Å². The molecule has 5 nitrogen and oxygen atoms in total. The number of hydrogen-bond donors (Lipinski definition) is 2. The van der Waals surface area contributed by atoms with Crippen molar-refractivity contribution < 1.29 is 9.53 Å². The zero-order valence-corrected chi connectivity index (χ0v) is 13.8. The van der Waals surface area contributed by atoms with Gasteiger partial charge in [-0.25, -0.2) is 0 Å². The summed E-state index contributed by atoms with van der Waals surface area (Å²) in [6.45, 7) is 9.26. The number of carbonyl (C=O) groups is 1. The van der Waals surface area contributed by atoms with Crippen LogP contribution in [0.25, 0.3) is 0 Å². The van der Waals surface area contributed by atoms with Crippen molar-refractivity contribution in [1.29, 1.82) is 0 Å². The largest absolute Gasteiger partial charge is 0.368 e. The number of carbonyl (C=O) groups excluding carboxylic acids is 1. The van der Waals surface area contributed by atoms with E-state index in [4.69, 9.17) is 4.74 Å². The lowest BCUT2D eigenvalue weighted by Gasteiger charge is -2.37. The number of rotatable bonds is 5. The average Bonchev–Trinajstić information content (AvgIpc) is 2.53. The normalized spacial score (nSPS) is 26.8. The summed E-state index contributed by atoms with van der Waals surface area (Å²) in [5.74, 6) is 0.647. The van der Waals surface area contributed by atoms with Gasteiger partial charge in [-0.05, 0) is 65.1 Å². The van der Waals surface area contributed by atoms with Gasteiger partial charge in [-0.15, -0.1) is 0 Å². The number of piperidine rings is 2. The van der Waals surface area contributed by atoms with E-state index in [-0.39, 0.29) is 5.91 Å². The molecule has 2 rings (SSSR count). The number of methoxy groups -OCH3 is 1. The quantitative estimate of drug-likeness (QED) is 0.795. The molecule has 2 heterocycles. The molecule has 2 fully saturated rings. The molecule has 2 saturated heterocycles. The van der Waals surface area contributed by atoms with Gasteiger partial charge in [-0.1, -0.05) is 0 Å². The van der Waals surface area contributed by atoms with Crippen molar-refractivity contribution in [3.63, 3.8) is 0 Å². The Labute approximate surface area is 128 Å². The van der Waals surface area contributed by atoms with Gasteiger partial charge in [0.15, 0.2) is 0 Å². The molecule has 5 heteroatoms. The van der Waals surface area contributed by atoms with Crippen LogP contribution < -0.4 is 10.6 Å². The monoisotopic (exact) mass is 297 g/mol. The second kappa shape index (κ2) is 7.56. The maximum absolute atomic E-state index is 12.5. The van der Waals surface area contributed by atoms with Gasteiger partial charge in [0.1, 0.15) is 5.60 Å². The Bertz CT molecular complexity index is 340. The van der Waals surface area contributed by atoms with E-state index in [0.29, 0.717) is 12.0 Å². The summed E-state index contributed by atoms with van der Waals surface area (Å²) < 4.78 is 5.58. The summed E-state index contributed by atoms with van der Waals surface area (Å²) in [5, 5.41) is 6.44. The highest BCUT2D eigenvalue weighted by atomic mass is 16.5. The first kappa shape index (κ1) is 16.7. The Kier molecular flexibility index (Phi) is 6.02. The van der Waals surface area contributed by atoms with E-state index in [1.807, 2.05) is 0 Å². The van der Waals surface area contributed by atoms with Crippen LogP contribution in [0.2, 0.25) is 0 Å². The van der Waals surface area contributed by atoms with Gasteiger partial charge in [-0.2, -0.15) is 0 Å². The second-order valence-electron chi connectivity index (χ2n) is 6.76. The molecule has 0 aromatic carbocycles. The summed E-state index contributed by atoms with van der Waals surface area (Å²) in [6.07, 6.45) is 3.97. The van der Waals surface area contributed by atoms with Crippen molar-refractivity contribution in [3.05, 3.63) is 0 Å². The fourth-order valence-electron chi connectivity index (χ4n) is 3.49. The molecule has 2 aliphatic rings. The van der Waals surface area contributed by atoms with Gasteiger partial charge in [0.2, 0.25) is 0 Å². The number of likely N-dealkylation sites (tertiary alicyclic amines) is 1. The molecule has 0 aromatic heterocycles. The molecule has 21 heavy (non-hydrogen) atoms. The minimum absolute atomic E-state index is 0.0770. The zero-order valence-electron chi connectivity index (χ0n) is 13.8. The van der Waals surface area contributed by atoms with Gasteiger partial charge in [0.25, 0.3) is 5.91 Å². The smallest absolute Gasteiger partial charge is 0.252 e. The number of ether oxygens (including phenoxy) is 1. The van der Waals surface area contributed by atoms with Crippen molar-refractivity contribution in [3.8, 4) is 0 Å². The molecule has 2 N–H and O–H groups in total. The molecule has 1 amide bonds. The Hall–Kier alpha value is -0.650. The van der Waals surface area contributed by atoms with Gasteiger partial charge in [0, 0.05) is 26.2 Å². The minimum Gasteiger partial charge on any atom is -0.368 e. The lowest BCUT2D eigenvalue weighted by molar-refractivity contribution is -0.147. The average molecular weight is 297 g/mol. The van der Waals surface area contributed by atoms with E-state index >= 15 is 0 Å².